The molecule has 1 N–H and O–H groups in total. The summed E-state index contributed by atoms with van der Waals surface area (Å²) in [6, 6.07) is 0. The van der Waals surface area contributed by atoms with Crippen LogP contribution in [0, 0.1) is 0 Å². The zero-order chi connectivity index (χ0) is 15.7. The minimum absolute atomic E-state index is 0.0625. The van der Waals surface area contributed by atoms with E-state index in [0.717, 1.165) is 7.11 Å². The summed E-state index contributed by atoms with van der Waals surface area (Å²) in [7, 11) is 1.00. The monoisotopic (exact) mass is 322 g/mol. The number of halogens is 3. The summed E-state index contributed by atoms with van der Waals surface area (Å²) in [5, 5.41) is 7.00. The van der Waals surface area contributed by atoms with Crippen molar-refractivity contribution in [1.29, 1.82) is 0 Å². The van der Waals surface area contributed by atoms with Crippen LogP contribution in [0.25, 0.3) is 0 Å². The van der Waals surface area contributed by atoms with E-state index in [1.54, 1.807) is 6.92 Å². The van der Waals surface area contributed by atoms with E-state index >= 15 is 0 Å². The highest BCUT2D eigenvalue weighted by atomic mass is 35.6. The minimum Gasteiger partial charge on any atom is -0.400 e. The summed E-state index contributed by atoms with van der Waals surface area (Å²) >= 11 is 14.4. The molecule has 0 saturated heterocycles. The number of hydrogen-bond donors (Lipinski definition) is 1. The summed E-state index contributed by atoms with van der Waals surface area (Å²) in [6.07, 6.45) is 0.750. The molecule has 18 heavy (non-hydrogen) atoms. The van der Waals surface area contributed by atoms with Crippen molar-refractivity contribution in [3.63, 3.8) is 0 Å². The molecule has 110 valence electrons. The smallest absolute Gasteiger partial charge is 0.180 e. The fourth-order valence-corrected chi connectivity index (χ4v) is 0.351. The zero-order valence-electron chi connectivity index (χ0n) is 11.3. The Hall–Kier alpha value is -0.160. The number of ketones is 3. The lowest BCUT2D eigenvalue weighted by Crippen LogP contribution is -1.97. The zero-order valence-corrected chi connectivity index (χ0v) is 13.6. The Morgan fingerprint density at radius 1 is 0.889 bits per heavy atom. The second-order valence-corrected chi connectivity index (χ2v) is 4.86. The molecule has 0 rings (SSSR count). The normalized spacial score (nSPS) is 7.67. The molecule has 0 saturated carbocycles. The molecule has 0 amide bonds. The number of aliphatic hydroxyl groups excluding tert-OH is 1. The summed E-state index contributed by atoms with van der Waals surface area (Å²) in [5.74, 6) is 0.130. The number of Topliss-reactive ketones (excluding diaryl/α,β-unsaturated/α-hetero) is 3. The summed E-state index contributed by atoms with van der Waals surface area (Å²) in [4.78, 5) is 29.9. The quantitative estimate of drug-likeness (QED) is 0.640. The molecule has 0 aromatic rings. The van der Waals surface area contributed by atoms with Gasteiger partial charge in [-0.3, -0.25) is 9.59 Å². The van der Waals surface area contributed by atoms with Gasteiger partial charge in [0.15, 0.2) is 4.30 Å². The fraction of sp³-hybridized carbons (Fsp3) is 0.727. The fourth-order valence-electron chi connectivity index (χ4n) is 0.351. The maximum Gasteiger partial charge on any atom is 0.180 e. The first kappa shape index (κ1) is 26.4. The molecule has 0 unspecified atom stereocenters. The van der Waals surface area contributed by atoms with Gasteiger partial charge in [0.1, 0.15) is 17.3 Å². The van der Waals surface area contributed by atoms with Crippen LogP contribution >= 0.6 is 34.8 Å². The van der Waals surface area contributed by atoms with Crippen molar-refractivity contribution < 1.29 is 19.5 Å². The molecule has 0 fully saturated rings. The lowest BCUT2D eigenvalue weighted by atomic mass is 10.2. The molecule has 0 aliphatic carbocycles. The van der Waals surface area contributed by atoms with E-state index in [9.17, 15) is 14.4 Å². The van der Waals surface area contributed by atoms with E-state index in [4.69, 9.17) is 39.9 Å². The van der Waals surface area contributed by atoms with Gasteiger partial charge >= 0.3 is 0 Å². The molecule has 0 spiro atoms. The van der Waals surface area contributed by atoms with Gasteiger partial charge in [-0.1, -0.05) is 41.7 Å². The molecule has 0 atom stereocenters. The lowest BCUT2D eigenvalue weighted by Gasteiger charge is -1.81. The van der Waals surface area contributed by atoms with Crippen LogP contribution in [0.2, 0.25) is 0 Å². The Morgan fingerprint density at radius 2 is 1.06 bits per heavy atom. The van der Waals surface area contributed by atoms with E-state index in [2.05, 4.69) is 0 Å². The van der Waals surface area contributed by atoms with E-state index in [-0.39, 0.29) is 23.8 Å². The molecule has 0 aliphatic rings. The summed E-state index contributed by atoms with van der Waals surface area (Å²) < 4.78 is -0.750. The lowest BCUT2D eigenvalue weighted by molar-refractivity contribution is -0.124. The third-order valence-corrected chi connectivity index (χ3v) is 0.996. The predicted molar refractivity (Wildman–Crippen MR) is 76.4 cm³/mol. The largest absolute Gasteiger partial charge is 0.400 e. The van der Waals surface area contributed by atoms with Gasteiger partial charge in [0, 0.05) is 13.5 Å². The Balaban J connectivity index is -0.0000000791. The van der Waals surface area contributed by atoms with Crippen LogP contribution in [0.15, 0.2) is 0 Å². The van der Waals surface area contributed by atoms with Crippen molar-refractivity contribution in [3.05, 3.63) is 0 Å². The second kappa shape index (κ2) is 22.1. The SMILES string of the molecule is CC(=O)CC(C)=O.CCC(C)=O.CO.ClC(Cl)Cl. The van der Waals surface area contributed by atoms with Crippen LogP contribution in [-0.2, 0) is 14.4 Å². The van der Waals surface area contributed by atoms with Crippen molar-refractivity contribution in [1.82, 2.24) is 0 Å². The van der Waals surface area contributed by atoms with Crippen LogP contribution < -0.4 is 0 Å². The Labute approximate surface area is 124 Å². The van der Waals surface area contributed by atoms with Crippen molar-refractivity contribution in [2.24, 2.45) is 0 Å². The standard InChI is InChI=1S/C5H8O2.C4H8O.CHCl3.CH4O/c1-4(6)3-5(2)7;1-3-4(2)5;2-1(3)4;1-2/h3H2,1-2H3;3H2,1-2H3;1H;2H,1H3. The summed E-state index contributed by atoms with van der Waals surface area (Å²) in [5.41, 5.74) is 0. The minimum atomic E-state index is -0.750. The van der Waals surface area contributed by atoms with E-state index in [1.807, 2.05) is 6.92 Å². The molecule has 0 bridgehead atoms. The van der Waals surface area contributed by atoms with Crippen molar-refractivity contribution >= 4 is 52.2 Å². The van der Waals surface area contributed by atoms with Crippen LogP contribution in [0.1, 0.15) is 40.5 Å². The van der Waals surface area contributed by atoms with Crippen LogP contribution in [0.3, 0.4) is 0 Å². The van der Waals surface area contributed by atoms with Gasteiger partial charge in [0.2, 0.25) is 0 Å². The van der Waals surface area contributed by atoms with Gasteiger partial charge in [-0.2, -0.15) is 0 Å². The number of alkyl halides is 3. The van der Waals surface area contributed by atoms with Crippen molar-refractivity contribution in [3.8, 4) is 0 Å². The first-order valence-electron chi connectivity index (χ1n) is 4.98. The molecule has 0 aromatic heterocycles. The molecular formula is C11H21Cl3O4. The Morgan fingerprint density at radius 3 is 1.06 bits per heavy atom. The number of hydrogen-bond acceptors (Lipinski definition) is 4. The molecule has 0 heterocycles. The third kappa shape index (κ3) is 102. The van der Waals surface area contributed by atoms with Crippen molar-refractivity contribution in [2.75, 3.05) is 7.11 Å². The molecule has 0 aliphatic heterocycles. The molecule has 0 aromatic carbocycles. The molecular weight excluding hydrogens is 302 g/mol. The number of carbonyl (C=O) groups excluding carboxylic acids is 3. The average molecular weight is 324 g/mol. The highest BCUT2D eigenvalue weighted by Crippen LogP contribution is 2.03. The topological polar surface area (TPSA) is 71.4 Å². The highest BCUT2D eigenvalue weighted by Gasteiger charge is 1.94. The maximum absolute atomic E-state index is 10.0. The molecule has 0 radical (unpaired) electrons. The van der Waals surface area contributed by atoms with E-state index in [0.29, 0.717) is 6.42 Å². The van der Waals surface area contributed by atoms with Crippen LogP contribution in [0.5, 0.6) is 0 Å². The van der Waals surface area contributed by atoms with Crippen LogP contribution in [0.4, 0.5) is 0 Å². The van der Waals surface area contributed by atoms with Gasteiger partial charge in [-0.15, -0.1) is 0 Å². The number of rotatable bonds is 3. The Kier molecular flexibility index (Phi) is 32.4. The van der Waals surface area contributed by atoms with Crippen molar-refractivity contribution in [2.45, 2.75) is 44.8 Å². The first-order valence-corrected chi connectivity index (χ1v) is 6.29. The van der Waals surface area contributed by atoms with E-state index < -0.39 is 4.30 Å². The second-order valence-electron chi connectivity index (χ2n) is 2.88. The highest BCUT2D eigenvalue weighted by molar-refractivity contribution is 6.63. The Bertz CT molecular complexity index is 204. The maximum atomic E-state index is 10.0. The number of carbonyl (C=O) groups is 3. The van der Waals surface area contributed by atoms with Gasteiger partial charge in [-0.05, 0) is 20.8 Å². The van der Waals surface area contributed by atoms with Gasteiger partial charge in [-0.25, -0.2) is 0 Å². The third-order valence-electron chi connectivity index (χ3n) is 0.996. The predicted octanol–water partition coefficient (Wildman–Crippen LogP) is 3.13. The summed E-state index contributed by atoms with van der Waals surface area (Å²) in [6.45, 7) is 6.24. The van der Waals surface area contributed by atoms with Crippen LogP contribution in [-0.4, -0.2) is 33.9 Å². The van der Waals surface area contributed by atoms with Gasteiger partial charge < -0.3 is 9.90 Å². The van der Waals surface area contributed by atoms with E-state index in [1.165, 1.54) is 13.8 Å². The average Bonchev–Trinajstić information content (AvgIpc) is 2.18. The molecule has 4 nitrogen and oxygen atoms in total. The van der Waals surface area contributed by atoms with Gasteiger partial charge in [0.05, 0.1) is 6.42 Å². The number of aliphatic hydroxyl groups is 1. The van der Waals surface area contributed by atoms with Gasteiger partial charge in [0.25, 0.3) is 0 Å². The molecule has 7 heteroatoms. The first-order chi connectivity index (χ1) is 8.13.